The van der Waals surface area contributed by atoms with Gasteiger partial charge < -0.3 is 9.94 Å². The van der Waals surface area contributed by atoms with Gasteiger partial charge in [-0.1, -0.05) is 41.0 Å². The van der Waals surface area contributed by atoms with Crippen molar-refractivity contribution in [3.63, 3.8) is 0 Å². The standard InChI is InChI=1S/C14H9ClF3NO2S/c15-12-10(5-6-22-12)8-1-3-9(4-2-8)11-7-13(20,21-19-11)14(16,17)18/h1-6,20H,7H2. The molecule has 1 atom stereocenters. The summed E-state index contributed by atoms with van der Waals surface area (Å²) in [5.74, 6) is -3.25. The van der Waals surface area contributed by atoms with Gasteiger partial charge in [-0.05, 0) is 22.6 Å². The minimum Gasteiger partial charge on any atom is -0.350 e. The molecule has 1 unspecified atom stereocenters. The molecule has 22 heavy (non-hydrogen) atoms. The molecule has 3 nitrogen and oxygen atoms in total. The molecule has 0 saturated carbocycles. The van der Waals surface area contributed by atoms with Crippen molar-refractivity contribution in [2.45, 2.75) is 18.4 Å². The summed E-state index contributed by atoms with van der Waals surface area (Å²) in [5, 5.41) is 14.6. The van der Waals surface area contributed by atoms with Crippen molar-refractivity contribution in [2.75, 3.05) is 0 Å². The fraction of sp³-hybridized carbons (Fsp3) is 0.214. The first-order chi connectivity index (χ1) is 10.3. The maximum absolute atomic E-state index is 12.7. The van der Waals surface area contributed by atoms with Crippen LogP contribution in [0.1, 0.15) is 12.0 Å². The predicted octanol–water partition coefficient (Wildman–Crippen LogP) is 4.44. The van der Waals surface area contributed by atoms with E-state index in [2.05, 4.69) is 9.99 Å². The average molecular weight is 348 g/mol. The maximum atomic E-state index is 12.7. The van der Waals surface area contributed by atoms with E-state index in [0.717, 1.165) is 11.1 Å². The summed E-state index contributed by atoms with van der Waals surface area (Å²) >= 11 is 7.44. The highest BCUT2D eigenvalue weighted by molar-refractivity contribution is 7.15. The molecule has 0 radical (unpaired) electrons. The minimum absolute atomic E-state index is 0.0443. The topological polar surface area (TPSA) is 41.8 Å². The van der Waals surface area contributed by atoms with Crippen molar-refractivity contribution in [1.82, 2.24) is 0 Å². The molecule has 0 amide bonds. The smallest absolute Gasteiger partial charge is 0.350 e. The van der Waals surface area contributed by atoms with Gasteiger partial charge in [0.05, 0.1) is 12.1 Å². The molecule has 3 rings (SSSR count). The Bertz CT molecular complexity index is 726. The van der Waals surface area contributed by atoms with E-state index < -0.39 is 18.4 Å². The Morgan fingerprint density at radius 1 is 1.18 bits per heavy atom. The van der Waals surface area contributed by atoms with Crippen molar-refractivity contribution in [1.29, 1.82) is 0 Å². The summed E-state index contributed by atoms with van der Waals surface area (Å²) in [5.41, 5.74) is 2.20. The number of thiophene rings is 1. The Hall–Kier alpha value is -1.57. The lowest BCUT2D eigenvalue weighted by Gasteiger charge is -2.22. The zero-order valence-corrected chi connectivity index (χ0v) is 12.5. The van der Waals surface area contributed by atoms with Crippen molar-refractivity contribution in [3.05, 3.63) is 45.6 Å². The van der Waals surface area contributed by atoms with E-state index >= 15 is 0 Å². The molecule has 0 spiro atoms. The third-order valence-electron chi connectivity index (χ3n) is 3.30. The third kappa shape index (κ3) is 2.60. The van der Waals surface area contributed by atoms with Crippen molar-refractivity contribution in [3.8, 4) is 11.1 Å². The lowest BCUT2D eigenvalue weighted by molar-refractivity contribution is -0.355. The first-order valence-corrected chi connectivity index (χ1v) is 7.44. The predicted molar refractivity (Wildman–Crippen MR) is 78.0 cm³/mol. The van der Waals surface area contributed by atoms with Crippen LogP contribution in [-0.4, -0.2) is 22.8 Å². The summed E-state index contributed by atoms with van der Waals surface area (Å²) in [6, 6.07) is 8.56. The number of benzene rings is 1. The van der Waals surface area contributed by atoms with Crippen LogP contribution in [0, 0.1) is 0 Å². The molecular weight excluding hydrogens is 339 g/mol. The third-order valence-corrected chi connectivity index (χ3v) is 4.47. The van der Waals surface area contributed by atoms with Gasteiger partial charge in [-0.25, -0.2) is 0 Å². The number of rotatable bonds is 2. The van der Waals surface area contributed by atoms with Crippen LogP contribution in [0.15, 0.2) is 40.9 Å². The molecule has 1 aliphatic heterocycles. The number of alkyl halides is 3. The molecule has 0 aliphatic carbocycles. The fourth-order valence-electron chi connectivity index (χ4n) is 2.07. The van der Waals surface area contributed by atoms with Gasteiger partial charge in [0.15, 0.2) is 0 Å². The number of hydrogen-bond donors (Lipinski definition) is 1. The van der Waals surface area contributed by atoms with E-state index in [1.54, 1.807) is 24.3 Å². The van der Waals surface area contributed by atoms with E-state index in [0.29, 0.717) is 9.90 Å². The van der Waals surface area contributed by atoms with Gasteiger partial charge in [-0.2, -0.15) is 13.2 Å². The van der Waals surface area contributed by atoms with Gasteiger partial charge in [-0.15, -0.1) is 11.3 Å². The number of nitrogens with zero attached hydrogens (tertiary/aromatic N) is 1. The number of halogens is 4. The lowest BCUT2D eigenvalue weighted by atomic mass is 10.00. The molecular formula is C14H9ClF3NO2S. The highest BCUT2D eigenvalue weighted by Crippen LogP contribution is 2.39. The van der Waals surface area contributed by atoms with Gasteiger partial charge in [0.1, 0.15) is 4.34 Å². The largest absolute Gasteiger partial charge is 0.458 e. The van der Waals surface area contributed by atoms with Crippen molar-refractivity contribution >= 4 is 28.6 Å². The number of oxime groups is 1. The summed E-state index contributed by atoms with van der Waals surface area (Å²) in [6.45, 7) is 0. The zero-order chi connectivity index (χ0) is 16.0. The van der Waals surface area contributed by atoms with Crippen LogP contribution in [0.5, 0.6) is 0 Å². The summed E-state index contributed by atoms with van der Waals surface area (Å²) in [7, 11) is 0. The first-order valence-electron chi connectivity index (χ1n) is 6.18. The van der Waals surface area contributed by atoms with E-state index in [1.807, 2.05) is 11.4 Å². The van der Waals surface area contributed by atoms with E-state index in [1.165, 1.54) is 11.3 Å². The molecule has 1 N–H and O–H groups in total. The maximum Gasteiger partial charge on any atom is 0.458 e. The summed E-state index contributed by atoms with van der Waals surface area (Å²) < 4.78 is 38.6. The Balaban J connectivity index is 1.82. The van der Waals surface area contributed by atoms with Crippen LogP contribution in [0.4, 0.5) is 13.2 Å². The van der Waals surface area contributed by atoms with E-state index in [9.17, 15) is 18.3 Å². The zero-order valence-electron chi connectivity index (χ0n) is 10.9. The molecule has 1 aliphatic rings. The molecule has 0 bridgehead atoms. The summed E-state index contributed by atoms with van der Waals surface area (Å²) in [6.07, 6.45) is -5.64. The SMILES string of the molecule is OC1(C(F)(F)F)CC(c2ccc(-c3ccsc3Cl)cc2)=NO1. The molecule has 1 aromatic heterocycles. The van der Waals surface area contributed by atoms with Crippen LogP contribution >= 0.6 is 22.9 Å². The van der Waals surface area contributed by atoms with Crippen LogP contribution in [0.25, 0.3) is 11.1 Å². The highest BCUT2D eigenvalue weighted by Gasteiger charge is 2.60. The lowest BCUT2D eigenvalue weighted by Crippen LogP contribution is -2.45. The van der Waals surface area contributed by atoms with Crippen LogP contribution in [0.3, 0.4) is 0 Å². The van der Waals surface area contributed by atoms with Gasteiger partial charge in [0, 0.05) is 5.56 Å². The second-order valence-corrected chi connectivity index (χ2v) is 6.29. The fourth-order valence-corrected chi connectivity index (χ4v) is 3.03. The van der Waals surface area contributed by atoms with E-state index in [4.69, 9.17) is 11.6 Å². The Morgan fingerprint density at radius 3 is 2.32 bits per heavy atom. The van der Waals surface area contributed by atoms with Crippen LogP contribution in [-0.2, 0) is 4.84 Å². The minimum atomic E-state index is -4.90. The van der Waals surface area contributed by atoms with Crippen molar-refractivity contribution in [2.24, 2.45) is 5.16 Å². The van der Waals surface area contributed by atoms with Gasteiger partial charge in [0.2, 0.25) is 0 Å². The second-order valence-electron chi connectivity index (χ2n) is 4.77. The van der Waals surface area contributed by atoms with Gasteiger partial charge in [0.25, 0.3) is 0 Å². The Labute approximate surface area is 132 Å². The molecule has 1 aromatic carbocycles. The Morgan fingerprint density at radius 2 is 1.82 bits per heavy atom. The van der Waals surface area contributed by atoms with Crippen molar-refractivity contribution < 1.29 is 23.1 Å². The molecule has 8 heteroatoms. The number of hydrogen-bond acceptors (Lipinski definition) is 4. The number of aliphatic hydroxyl groups is 1. The van der Waals surface area contributed by atoms with Crippen LogP contribution in [0.2, 0.25) is 4.34 Å². The molecule has 2 heterocycles. The summed E-state index contributed by atoms with van der Waals surface area (Å²) in [4.78, 5) is 4.19. The molecule has 2 aromatic rings. The molecule has 116 valence electrons. The van der Waals surface area contributed by atoms with Gasteiger partial charge >= 0.3 is 12.0 Å². The Kier molecular flexibility index (Phi) is 3.66. The normalized spacial score (nSPS) is 21.6. The quantitative estimate of drug-likeness (QED) is 0.872. The molecule has 0 saturated heterocycles. The van der Waals surface area contributed by atoms with Crippen LogP contribution < -0.4 is 0 Å². The van der Waals surface area contributed by atoms with Gasteiger partial charge in [-0.3, -0.25) is 0 Å². The second kappa shape index (κ2) is 5.26. The monoisotopic (exact) mass is 347 g/mol. The highest BCUT2D eigenvalue weighted by atomic mass is 35.5. The first kappa shape index (κ1) is 15.3. The molecule has 0 fully saturated rings. The average Bonchev–Trinajstić information content (AvgIpc) is 3.06. The van der Waals surface area contributed by atoms with E-state index in [-0.39, 0.29) is 5.71 Å².